The Labute approximate surface area is 163 Å². The molecule has 1 N–H and O–H groups in total. The van der Waals surface area contributed by atoms with Gasteiger partial charge in [0, 0.05) is 19.1 Å². The van der Waals surface area contributed by atoms with E-state index in [0.29, 0.717) is 12.6 Å². The van der Waals surface area contributed by atoms with Crippen molar-refractivity contribution < 1.29 is 14.6 Å². The molecule has 0 aliphatic carbocycles. The van der Waals surface area contributed by atoms with E-state index in [1.165, 1.54) is 16.7 Å². The first kappa shape index (κ1) is 21.3. The Morgan fingerprint density at radius 2 is 1.70 bits per heavy atom. The first-order chi connectivity index (χ1) is 12.9. The van der Waals surface area contributed by atoms with Gasteiger partial charge >= 0.3 is 0 Å². The molecule has 2 aromatic rings. The first-order valence-corrected chi connectivity index (χ1v) is 9.68. The Morgan fingerprint density at radius 1 is 1.04 bits per heavy atom. The van der Waals surface area contributed by atoms with E-state index in [1.807, 2.05) is 24.3 Å². The summed E-state index contributed by atoms with van der Waals surface area (Å²) in [6.45, 7) is 10.3. The zero-order valence-corrected chi connectivity index (χ0v) is 17.2. The molecule has 0 aromatic heterocycles. The maximum absolute atomic E-state index is 10.5. The van der Waals surface area contributed by atoms with Gasteiger partial charge in [-0.25, -0.2) is 0 Å². The Bertz CT molecular complexity index is 699. The van der Waals surface area contributed by atoms with Gasteiger partial charge in [0.05, 0.1) is 7.11 Å². The molecule has 0 radical (unpaired) electrons. The molecule has 0 bridgehead atoms. The lowest BCUT2D eigenvalue weighted by Gasteiger charge is -2.31. The number of benzene rings is 2. The van der Waals surface area contributed by atoms with Crippen LogP contribution in [-0.2, 0) is 6.54 Å². The smallest absolute Gasteiger partial charge is 0.119 e. The van der Waals surface area contributed by atoms with Crippen LogP contribution >= 0.6 is 0 Å². The number of hydrogen-bond donors (Lipinski definition) is 1. The molecule has 0 aliphatic rings. The molecule has 0 amide bonds. The third kappa shape index (κ3) is 6.56. The van der Waals surface area contributed by atoms with Crippen molar-refractivity contribution in [3.05, 3.63) is 59.2 Å². The van der Waals surface area contributed by atoms with Crippen LogP contribution in [0.15, 0.2) is 42.5 Å². The number of aryl methyl sites for hydroxylation is 2. The lowest BCUT2D eigenvalue weighted by atomic mass is 10.0. The number of aliphatic hydroxyl groups is 1. The van der Waals surface area contributed by atoms with Crippen LogP contribution in [0, 0.1) is 13.8 Å². The van der Waals surface area contributed by atoms with Crippen molar-refractivity contribution in [3.8, 4) is 11.5 Å². The summed E-state index contributed by atoms with van der Waals surface area (Å²) in [6, 6.07) is 14.4. The zero-order valence-electron chi connectivity index (χ0n) is 17.2. The van der Waals surface area contributed by atoms with Gasteiger partial charge in [0.1, 0.15) is 24.2 Å². The summed E-state index contributed by atoms with van der Waals surface area (Å²) in [7, 11) is 1.64. The van der Waals surface area contributed by atoms with Gasteiger partial charge in [-0.05, 0) is 62.6 Å². The van der Waals surface area contributed by atoms with Gasteiger partial charge in [0.25, 0.3) is 0 Å². The van der Waals surface area contributed by atoms with Gasteiger partial charge in [-0.2, -0.15) is 0 Å². The molecule has 148 valence electrons. The minimum atomic E-state index is -0.549. The third-order valence-electron chi connectivity index (χ3n) is 5.03. The molecule has 0 saturated heterocycles. The van der Waals surface area contributed by atoms with E-state index >= 15 is 0 Å². The zero-order chi connectivity index (χ0) is 19.8. The molecule has 27 heavy (non-hydrogen) atoms. The molecule has 4 nitrogen and oxygen atoms in total. The largest absolute Gasteiger partial charge is 0.497 e. The highest BCUT2D eigenvalue weighted by Gasteiger charge is 2.18. The van der Waals surface area contributed by atoms with Crippen LogP contribution in [-0.4, -0.2) is 42.4 Å². The minimum absolute atomic E-state index is 0.270. The van der Waals surface area contributed by atoms with E-state index in [1.54, 1.807) is 7.11 Å². The summed E-state index contributed by atoms with van der Waals surface area (Å²) in [6.07, 6.45) is 0.489. The maximum atomic E-state index is 10.5. The van der Waals surface area contributed by atoms with Crippen LogP contribution in [0.3, 0.4) is 0 Å². The second-order valence-corrected chi connectivity index (χ2v) is 7.26. The van der Waals surface area contributed by atoms with Crippen LogP contribution in [0.1, 0.15) is 37.0 Å². The molecule has 2 aromatic carbocycles. The molecule has 2 rings (SSSR count). The average molecular weight is 372 g/mol. The van der Waals surface area contributed by atoms with E-state index in [4.69, 9.17) is 9.47 Å². The molecule has 0 saturated carbocycles. The predicted octanol–water partition coefficient (Wildman–Crippen LogP) is 4.35. The van der Waals surface area contributed by atoms with Crippen molar-refractivity contribution in [1.82, 2.24) is 4.90 Å². The van der Waals surface area contributed by atoms with Crippen molar-refractivity contribution in [2.75, 3.05) is 20.3 Å². The topological polar surface area (TPSA) is 41.9 Å². The highest BCUT2D eigenvalue weighted by atomic mass is 16.5. The van der Waals surface area contributed by atoms with Gasteiger partial charge in [0.2, 0.25) is 0 Å². The highest BCUT2D eigenvalue weighted by Crippen LogP contribution is 2.19. The molecule has 2 atom stereocenters. The Morgan fingerprint density at radius 3 is 2.30 bits per heavy atom. The van der Waals surface area contributed by atoms with Crippen LogP contribution < -0.4 is 9.47 Å². The average Bonchev–Trinajstić information content (AvgIpc) is 2.67. The maximum Gasteiger partial charge on any atom is 0.119 e. The molecule has 2 unspecified atom stereocenters. The fourth-order valence-corrected chi connectivity index (χ4v) is 3.09. The van der Waals surface area contributed by atoms with E-state index in [0.717, 1.165) is 24.5 Å². The summed E-state index contributed by atoms with van der Waals surface area (Å²) in [4.78, 5) is 2.33. The SMILES string of the molecule is CCC(C)N(Cc1ccc(C)cc1C)CC(O)COc1ccc(OC)cc1. The first-order valence-electron chi connectivity index (χ1n) is 9.68. The molecule has 0 fully saturated rings. The minimum Gasteiger partial charge on any atom is -0.497 e. The predicted molar refractivity (Wildman–Crippen MR) is 111 cm³/mol. The van der Waals surface area contributed by atoms with E-state index in [-0.39, 0.29) is 6.61 Å². The van der Waals surface area contributed by atoms with Crippen LogP contribution in [0.2, 0.25) is 0 Å². The standard InChI is InChI=1S/C23H33NO3/c1-6-19(4)24(14-20-8-7-17(2)13-18(20)3)15-21(25)16-27-23-11-9-22(26-5)10-12-23/h7-13,19,21,25H,6,14-16H2,1-5H3. The number of ether oxygens (including phenoxy) is 2. The van der Waals surface area contributed by atoms with Gasteiger partial charge in [-0.15, -0.1) is 0 Å². The summed E-state index contributed by atoms with van der Waals surface area (Å²) >= 11 is 0. The second-order valence-electron chi connectivity index (χ2n) is 7.26. The summed E-state index contributed by atoms with van der Waals surface area (Å²) < 4.78 is 10.9. The van der Waals surface area contributed by atoms with Crippen molar-refractivity contribution in [2.45, 2.75) is 52.8 Å². The molecule has 0 aliphatic heterocycles. The van der Waals surface area contributed by atoms with Crippen molar-refractivity contribution in [2.24, 2.45) is 0 Å². The number of aliphatic hydroxyl groups excluding tert-OH is 1. The number of rotatable bonds is 10. The van der Waals surface area contributed by atoms with Crippen molar-refractivity contribution in [3.63, 3.8) is 0 Å². The third-order valence-corrected chi connectivity index (χ3v) is 5.03. The van der Waals surface area contributed by atoms with E-state index in [2.05, 4.69) is 50.8 Å². The Kier molecular flexibility index (Phi) is 8.14. The lowest BCUT2D eigenvalue weighted by molar-refractivity contribution is 0.0505. The molecular formula is C23H33NO3. The fraction of sp³-hybridized carbons (Fsp3) is 0.478. The highest BCUT2D eigenvalue weighted by molar-refractivity contribution is 5.31. The van der Waals surface area contributed by atoms with Crippen molar-refractivity contribution in [1.29, 1.82) is 0 Å². The molecule has 0 heterocycles. The number of hydrogen-bond acceptors (Lipinski definition) is 4. The summed E-state index contributed by atoms with van der Waals surface area (Å²) in [5.74, 6) is 1.53. The van der Waals surface area contributed by atoms with E-state index in [9.17, 15) is 5.11 Å². The van der Waals surface area contributed by atoms with E-state index < -0.39 is 6.10 Å². The lowest BCUT2D eigenvalue weighted by Crippen LogP contribution is -2.40. The summed E-state index contributed by atoms with van der Waals surface area (Å²) in [5.41, 5.74) is 3.88. The number of nitrogens with zero attached hydrogens (tertiary/aromatic N) is 1. The van der Waals surface area contributed by atoms with Gasteiger partial charge in [0.15, 0.2) is 0 Å². The van der Waals surface area contributed by atoms with Gasteiger partial charge in [-0.1, -0.05) is 30.7 Å². The molecule has 4 heteroatoms. The van der Waals surface area contributed by atoms with Crippen LogP contribution in [0.25, 0.3) is 0 Å². The molecular weight excluding hydrogens is 338 g/mol. The number of methoxy groups -OCH3 is 1. The van der Waals surface area contributed by atoms with Gasteiger partial charge < -0.3 is 14.6 Å². The van der Waals surface area contributed by atoms with Gasteiger partial charge in [-0.3, -0.25) is 4.90 Å². The Balaban J connectivity index is 1.95. The quantitative estimate of drug-likeness (QED) is 0.674. The van der Waals surface area contributed by atoms with Crippen LogP contribution in [0.4, 0.5) is 0 Å². The monoisotopic (exact) mass is 371 g/mol. The Hall–Kier alpha value is -2.04. The molecule has 0 spiro atoms. The fourth-order valence-electron chi connectivity index (χ4n) is 3.09. The van der Waals surface area contributed by atoms with Crippen molar-refractivity contribution >= 4 is 0 Å². The van der Waals surface area contributed by atoms with Crippen LogP contribution in [0.5, 0.6) is 11.5 Å². The normalized spacial score (nSPS) is 13.4. The second kappa shape index (κ2) is 10.3. The summed E-state index contributed by atoms with van der Waals surface area (Å²) in [5, 5.41) is 10.5.